The fourth-order valence-corrected chi connectivity index (χ4v) is 0.820. The lowest BCUT2D eigenvalue weighted by atomic mass is 10.3. The van der Waals surface area contributed by atoms with E-state index in [1.165, 1.54) is 18.3 Å². The van der Waals surface area contributed by atoms with E-state index in [1.807, 2.05) is 6.07 Å². The van der Waals surface area contributed by atoms with E-state index >= 15 is 0 Å². The highest BCUT2D eigenvalue weighted by Crippen LogP contribution is 2.13. The minimum atomic E-state index is 0.120. The topological polar surface area (TPSA) is 75.6 Å². The Hall–Kier alpha value is -1.60. The van der Waals surface area contributed by atoms with Crippen LogP contribution in [0.15, 0.2) is 12.3 Å². The van der Waals surface area contributed by atoms with E-state index in [0.717, 1.165) is 0 Å². The molecular weight excluding hydrogens is 176 g/mol. The highest BCUT2D eigenvalue weighted by atomic mass is 35.5. The average molecular weight is 181 g/mol. The summed E-state index contributed by atoms with van der Waals surface area (Å²) in [6.45, 7) is 0. The molecule has 0 aliphatic rings. The molecule has 4 nitrogen and oxygen atoms in total. The Balaban J connectivity index is 3.03. The molecule has 0 amide bonds. The first-order valence-corrected chi connectivity index (χ1v) is 3.46. The van der Waals surface area contributed by atoms with Crippen molar-refractivity contribution in [1.29, 1.82) is 5.26 Å². The Morgan fingerprint density at radius 3 is 3.00 bits per heavy atom. The van der Waals surface area contributed by atoms with Gasteiger partial charge in [-0.25, -0.2) is 9.97 Å². The molecular formula is C7H5ClN4. The first-order chi connectivity index (χ1) is 5.74. The lowest BCUT2D eigenvalue weighted by molar-refractivity contribution is 1.18. The molecule has 60 valence electrons. The second kappa shape index (κ2) is 3.69. The molecule has 0 fully saturated rings. The van der Waals surface area contributed by atoms with Gasteiger partial charge in [0, 0.05) is 17.8 Å². The summed E-state index contributed by atoms with van der Waals surface area (Å²) in [4.78, 5) is 7.41. The van der Waals surface area contributed by atoms with Gasteiger partial charge in [-0.2, -0.15) is 5.26 Å². The third-order valence-corrected chi connectivity index (χ3v) is 1.43. The van der Waals surface area contributed by atoms with E-state index in [9.17, 15) is 0 Å². The molecule has 0 aliphatic carbocycles. The van der Waals surface area contributed by atoms with Gasteiger partial charge in [0.15, 0.2) is 0 Å². The van der Waals surface area contributed by atoms with Crippen LogP contribution in [0.3, 0.4) is 0 Å². The summed E-state index contributed by atoms with van der Waals surface area (Å²) >= 11 is 5.67. The molecule has 0 aromatic carbocycles. The van der Waals surface area contributed by atoms with E-state index in [4.69, 9.17) is 22.6 Å². The van der Waals surface area contributed by atoms with Crippen molar-refractivity contribution in [2.24, 2.45) is 0 Å². The number of hydrogen-bond donors (Lipinski definition) is 1. The van der Waals surface area contributed by atoms with Gasteiger partial charge in [-0.05, 0) is 6.08 Å². The van der Waals surface area contributed by atoms with Crippen molar-refractivity contribution in [1.82, 2.24) is 9.97 Å². The van der Waals surface area contributed by atoms with Crippen LogP contribution in [0, 0.1) is 11.3 Å². The van der Waals surface area contributed by atoms with Crippen molar-refractivity contribution in [2.45, 2.75) is 0 Å². The normalized spacial score (nSPS) is 10.0. The molecule has 0 radical (unpaired) electrons. The van der Waals surface area contributed by atoms with Crippen LogP contribution in [0.4, 0.5) is 5.95 Å². The van der Waals surface area contributed by atoms with E-state index in [1.54, 1.807) is 0 Å². The Morgan fingerprint density at radius 2 is 2.42 bits per heavy atom. The van der Waals surface area contributed by atoms with Gasteiger partial charge in [0.05, 0.1) is 6.07 Å². The van der Waals surface area contributed by atoms with Gasteiger partial charge < -0.3 is 5.73 Å². The minimum Gasteiger partial charge on any atom is -0.368 e. The van der Waals surface area contributed by atoms with Gasteiger partial charge in [0.1, 0.15) is 5.15 Å². The maximum atomic E-state index is 8.23. The summed E-state index contributed by atoms with van der Waals surface area (Å²) in [5, 5.41) is 8.47. The highest BCUT2D eigenvalue weighted by molar-refractivity contribution is 6.30. The van der Waals surface area contributed by atoms with Crippen LogP contribution < -0.4 is 5.73 Å². The van der Waals surface area contributed by atoms with Crippen LogP contribution in [-0.4, -0.2) is 9.97 Å². The van der Waals surface area contributed by atoms with Gasteiger partial charge in [-0.3, -0.25) is 0 Å². The largest absolute Gasteiger partial charge is 0.368 e. The van der Waals surface area contributed by atoms with Crippen LogP contribution >= 0.6 is 11.6 Å². The molecule has 0 spiro atoms. The SMILES string of the molecule is N#CC=Cc1cnc(N)nc1Cl. The second-order valence-corrected chi connectivity index (χ2v) is 2.29. The van der Waals surface area contributed by atoms with Crippen molar-refractivity contribution in [3.8, 4) is 6.07 Å². The zero-order valence-corrected chi connectivity index (χ0v) is 6.78. The van der Waals surface area contributed by atoms with Crippen LogP contribution in [0.2, 0.25) is 5.15 Å². The third-order valence-electron chi connectivity index (χ3n) is 1.12. The third kappa shape index (κ3) is 1.94. The van der Waals surface area contributed by atoms with Crippen LogP contribution in [0.5, 0.6) is 0 Å². The molecule has 0 saturated carbocycles. The highest BCUT2D eigenvalue weighted by Gasteiger charge is 1.98. The number of halogens is 1. The number of nitriles is 1. The summed E-state index contributed by atoms with van der Waals surface area (Å²) in [5.74, 6) is 0.120. The predicted octanol–water partition coefficient (Wildman–Crippen LogP) is 1.25. The number of nitrogens with zero attached hydrogens (tertiary/aromatic N) is 3. The molecule has 0 aliphatic heterocycles. The maximum Gasteiger partial charge on any atom is 0.221 e. The molecule has 1 heterocycles. The van der Waals surface area contributed by atoms with Crippen molar-refractivity contribution in [3.05, 3.63) is 23.0 Å². The standard InChI is InChI=1S/C7H5ClN4/c8-6-5(2-1-3-9)4-11-7(10)12-6/h1-2,4H,(H2,10,11,12). The Labute approximate surface area is 74.3 Å². The molecule has 1 aromatic rings. The number of rotatable bonds is 1. The average Bonchev–Trinajstić information content (AvgIpc) is 2.03. The molecule has 5 heteroatoms. The van der Waals surface area contributed by atoms with Gasteiger partial charge in [0.25, 0.3) is 0 Å². The lowest BCUT2D eigenvalue weighted by Gasteiger charge is -1.95. The fraction of sp³-hybridized carbons (Fsp3) is 0. The Bertz CT molecular complexity index is 353. The number of anilines is 1. The van der Waals surface area contributed by atoms with Gasteiger partial charge in [-0.15, -0.1) is 0 Å². The van der Waals surface area contributed by atoms with Gasteiger partial charge in [0.2, 0.25) is 5.95 Å². The number of hydrogen-bond acceptors (Lipinski definition) is 4. The monoisotopic (exact) mass is 180 g/mol. The van der Waals surface area contributed by atoms with Crippen LogP contribution in [0.25, 0.3) is 6.08 Å². The molecule has 1 aromatic heterocycles. The van der Waals surface area contributed by atoms with Gasteiger partial charge >= 0.3 is 0 Å². The summed E-state index contributed by atoms with van der Waals surface area (Å²) < 4.78 is 0. The quantitative estimate of drug-likeness (QED) is 0.521. The molecule has 0 atom stereocenters. The van der Waals surface area contributed by atoms with E-state index in [0.29, 0.717) is 5.56 Å². The summed E-state index contributed by atoms with van der Waals surface area (Å²) in [5.41, 5.74) is 5.84. The van der Waals surface area contributed by atoms with E-state index in [2.05, 4.69) is 9.97 Å². The zero-order valence-electron chi connectivity index (χ0n) is 6.03. The van der Waals surface area contributed by atoms with E-state index < -0.39 is 0 Å². The van der Waals surface area contributed by atoms with Crippen LogP contribution in [0.1, 0.15) is 5.56 Å². The second-order valence-electron chi connectivity index (χ2n) is 1.94. The van der Waals surface area contributed by atoms with Crippen molar-refractivity contribution in [3.63, 3.8) is 0 Å². The molecule has 1 rings (SSSR count). The Kier molecular flexibility index (Phi) is 2.62. The number of nitrogen functional groups attached to an aromatic ring is 1. The summed E-state index contributed by atoms with van der Waals surface area (Å²) in [6, 6.07) is 1.83. The lowest BCUT2D eigenvalue weighted by Crippen LogP contribution is -1.95. The molecule has 0 saturated heterocycles. The first kappa shape index (κ1) is 8.50. The smallest absolute Gasteiger partial charge is 0.221 e. The summed E-state index contributed by atoms with van der Waals surface area (Å²) in [7, 11) is 0. The first-order valence-electron chi connectivity index (χ1n) is 3.08. The molecule has 0 bridgehead atoms. The zero-order chi connectivity index (χ0) is 8.97. The van der Waals surface area contributed by atoms with Crippen molar-refractivity contribution < 1.29 is 0 Å². The summed E-state index contributed by atoms with van der Waals surface area (Å²) in [6.07, 6.45) is 4.26. The van der Waals surface area contributed by atoms with Gasteiger partial charge in [-0.1, -0.05) is 11.6 Å². The number of allylic oxidation sites excluding steroid dienone is 1. The predicted molar refractivity (Wildman–Crippen MR) is 46.1 cm³/mol. The fourth-order valence-electron chi connectivity index (χ4n) is 0.622. The van der Waals surface area contributed by atoms with Crippen molar-refractivity contribution in [2.75, 3.05) is 5.73 Å². The Morgan fingerprint density at radius 1 is 1.67 bits per heavy atom. The minimum absolute atomic E-state index is 0.120. The van der Waals surface area contributed by atoms with Crippen LogP contribution in [-0.2, 0) is 0 Å². The number of aromatic nitrogens is 2. The molecule has 12 heavy (non-hydrogen) atoms. The molecule has 0 unspecified atom stereocenters. The molecule has 2 N–H and O–H groups in total. The van der Waals surface area contributed by atoms with Crippen molar-refractivity contribution >= 4 is 23.6 Å². The number of nitrogens with two attached hydrogens (primary N) is 1. The van der Waals surface area contributed by atoms with E-state index in [-0.39, 0.29) is 11.1 Å². The maximum absolute atomic E-state index is 8.23.